The highest BCUT2D eigenvalue weighted by atomic mass is 16.5. The molecule has 1 aliphatic rings. The SMILES string of the molecule is Cc1ccccc1Oc1nccnc1[C@@H]1CCCN(C(=O)c2cnc[nH]2)C1. The Hall–Kier alpha value is -3.22. The van der Waals surface area contributed by atoms with Gasteiger partial charge in [-0.3, -0.25) is 9.78 Å². The quantitative estimate of drug-likeness (QED) is 0.769. The second kappa shape index (κ2) is 7.57. The van der Waals surface area contributed by atoms with Crippen molar-refractivity contribution >= 4 is 5.91 Å². The minimum atomic E-state index is -0.0394. The molecule has 0 radical (unpaired) electrons. The van der Waals surface area contributed by atoms with Crippen LogP contribution in [0.2, 0.25) is 0 Å². The third-order valence-corrected chi connectivity index (χ3v) is 4.82. The van der Waals surface area contributed by atoms with E-state index in [1.165, 1.54) is 6.33 Å². The first kappa shape index (κ1) is 17.2. The second-order valence-electron chi connectivity index (χ2n) is 6.67. The molecule has 1 aromatic carbocycles. The Morgan fingerprint density at radius 2 is 2.11 bits per heavy atom. The Morgan fingerprint density at radius 3 is 2.93 bits per heavy atom. The first-order valence-corrected chi connectivity index (χ1v) is 9.04. The Morgan fingerprint density at radius 1 is 1.26 bits per heavy atom. The molecule has 1 saturated heterocycles. The number of benzene rings is 1. The van der Waals surface area contributed by atoms with E-state index >= 15 is 0 Å². The van der Waals surface area contributed by atoms with Gasteiger partial charge in [-0.2, -0.15) is 0 Å². The van der Waals surface area contributed by atoms with Crippen molar-refractivity contribution in [3.63, 3.8) is 0 Å². The van der Waals surface area contributed by atoms with Gasteiger partial charge in [0, 0.05) is 31.4 Å². The molecule has 3 heterocycles. The summed E-state index contributed by atoms with van der Waals surface area (Å²) in [6.45, 7) is 3.31. The van der Waals surface area contributed by atoms with Gasteiger partial charge in [-0.05, 0) is 31.4 Å². The van der Waals surface area contributed by atoms with Gasteiger partial charge in [0.15, 0.2) is 0 Å². The molecule has 0 unspecified atom stereocenters. The van der Waals surface area contributed by atoms with Crippen molar-refractivity contribution in [1.29, 1.82) is 0 Å². The number of amides is 1. The number of H-pyrrole nitrogens is 1. The number of aromatic nitrogens is 4. The minimum absolute atomic E-state index is 0.0394. The number of rotatable bonds is 4. The highest BCUT2D eigenvalue weighted by molar-refractivity contribution is 5.92. The van der Waals surface area contributed by atoms with Crippen LogP contribution in [-0.2, 0) is 0 Å². The number of hydrogen-bond acceptors (Lipinski definition) is 5. The highest BCUT2D eigenvalue weighted by Gasteiger charge is 2.29. The fourth-order valence-corrected chi connectivity index (χ4v) is 3.40. The van der Waals surface area contributed by atoms with E-state index in [0.29, 0.717) is 18.1 Å². The molecule has 7 heteroatoms. The number of ether oxygens (including phenoxy) is 1. The van der Waals surface area contributed by atoms with Crippen LogP contribution in [0.4, 0.5) is 0 Å². The highest BCUT2D eigenvalue weighted by Crippen LogP contribution is 2.33. The van der Waals surface area contributed by atoms with E-state index in [1.807, 2.05) is 36.1 Å². The van der Waals surface area contributed by atoms with Crippen LogP contribution in [0.5, 0.6) is 11.6 Å². The zero-order chi connectivity index (χ0) is 18.6. The molecular weight excluding hydrogens is 342 g/mol. The van der Waals surface area contributed by atoms with E-state index in [9.17, 15) is 4.79 Å². The summed E-state index contributed by atoms with van der Waals surface area (Å²) < 4.78 is 6.07. The van der Waals surface area contributed by atoms with E-state index in [0.717, 1.165) is 36.4 Å². The Bertz CT molecular complexity index is 926. The molecule has 0 bridgehead atoms. The number of nitrogens with zero attached hydrogens (tertiary/aromatic N) is 4. The molecule has 1 N–H and O–H groups in total. The average molecular weight is 363 g/mol. The number of carbonyl (C=O) groups excluding carboxylic acids is 1. The zero-order valence-electron chi connectivity index (χ0n) is 15.1. The molecule has 0 saturated carbocycles. The number of imidazole rings is 1. The molecule has 0 spiro atoms. The van der Waals surface area contributed by atoms with Gasteiger partial charge in [0.1, 0.15) is 17.1 Å². The number of hydrogen-bond donors (Lipinski definition) is 1. The van der Waals surface area contributed by atoms with E-state index in [2.05, 4.69) is 19.9 Å². The number of likely N-dealkylation sites (tertiary alicyclic amines) is 1. The Labute approximate surface area is 157 Å². The molecule has 1 atom stereocenters. The van der Waals surface area contributed by atoms with Gasteiger partial charge in [0.2, 0.25) is 5.88 Å². The summed E-state index contributed by atoms with van der Waals surface area (Å²) in [6, 6.07) is 7.82. The average Bonchev–Trinajstić information content (AvgIpc) is 3.24. The summed E-state index contributed by atoms with van der Waals surface area (Å²) in [7, 11) is 0. The van der Waals surface area contributed by atoms with Crippen LogP contribution in [-0.4, -0.2) is 43.8 Å². The summed E-state index contributed by atoms with van der Waals surface area (Å²) in [5, 5.41) is 0. The van der Waals surface area contributed by atoms with Crippen LogP contribution in [0.1, 0.15) is 40.5 Å². The summed E-state index contributed by atoms with van der Waals surface area (Å²) in [6.07, 6.45) is 8.23. The van der Waals surface area contributed by atoms with Gasteiger partial charge >= 0.3 is 0 Å². The molecule has 3 aromatic rings. The summed E-state index contributed by atoms with van der Waals surface area (Å²) in [4.78, 5) is 30.3. The molecule has 138 valence electrons. The molecule has 1 aliphatic heterocycles. The van der Waals surface area contributed by atoms with Crippen LogP contribution >= 0.6 is 0 Å². The van der Waals surface area contributed by atoms with Gasteiger partial charge in [-0.25, -0.2) is 9.97 Å². The molecule has 4 rings (SSSR count). The van der Waals surface area contributed by atoms with Crippen molar-refractivity contribution in [1.82, 2.24) is 24.8 Å². The molecule has 7 nitrogen and oxygen atoms in total. The fraction of sp³-hybridized carbons (Fsp3) is 0.300. The van der Waals surface area contributed by atoms with E-state index in [1.54, 1.807) is 18.6 Å². The minimum Gasteiger partial charge on any atom is -0.437 e. The number of nitrogens with one attached hydrogen (secondary N) is 1. The normalized spacial score (nSPS) is 16.9. The van der Waals surface area contributed by atoms with Crippen molar-refractivity contribution in [2.45, 2.75) is 25.7 Å². The maximum Gasteiger partial charge on any atom is 0.271 e. The first-order chi connectivity index (χ1) is 13.2. The van der Waals surface area contributed by atoms with E-state index in [4.69, 9.17) is 4.74 Å². The van der Waals surface area contributed by atoms with Crippen molar-refractivity contribution in [3.05, 3.63) is 66.1 Å². The number of aryl methyl sites for hydroxylation is 1. The topological polar surface area (TPSA) is 84.0 Å². The van der Waals surface area contributed by atoms with Crippen LogP contribution in [0.25, 0.3) is 0 Å². The molecule has 2 aromatic heterocycles. The van der Waals surface area contributed by atoms with Crippen LogP contribution in [0, 0.1) is 6.92 Å². The van der Waals surface area contributed by atoms with Crippen molar-refractivity contribution in [3.8, 4) is 11.6 Å². The third-order valence-electron chi connectivity index (χ3n) is 4.82. The lowest BCUT2D eigenvalue weighted by Gasteiger charge is -2.32. The van der Waals surface area contributed by atoms with E-state index in [-0.39, 0.29) is 11.8 Å². The fourth-order valence-electron chi connectivity index (χ4n) is 3.40. The molecule has 1 fully saturated rings. The molecule has 1 amide bonds. The summed E-state index contributed by atoms with van der Waals surface area (Å²) in [5.74, 6) is 1.31. The lowest BCUT2D eigenvalue weighted by molar-refractivity contribution is 0.0699. The monoisotopic (exact) mass is 363 g/mol. The van der Waals surface area contributed by atoms with Gasteiger partial charge in [-0.1, -0.05) is 18.2 Å². The second-order valence-corrected chi connectivity index (χ2v) is 6.67. The van der Waals surface area contributed by atoms with E-state index < -0.39 is 0 Å². The Balaban J connectivity index is 1.56. The van der Waals surface area contributed by atoms with Crippen LogP contribution < -0.4 is 4.74 Å². The van der Waals surface area contributed by atoms with Crippen molar-refractivity contribution in [2.24, 2.45) is 0 Å². The maximum absolute atomic E-state index is 12.6. The van der Waals surface area contributed by atoms with Crippen molar-refractivity contribution < 1.29 is 9.53 Å². The zero-order valence-corrected chi connectivity index (χ0v) is 15.1. The number of carbonyl (C=O) groups is 1. The summed E-state index contributed by atoms with van der Waals surface area (Å²) >= 11 is 0. The lowest BCUT2D eigenvalue weighted by atomic mass is 9.94. The van der Waals surface area contributed by atoms with Gasteiger partial charge in [0.05, 0.1) is 12.5 Å². The first-order valence-electron chi connectivity index (χ1n) is 9.04. The Kier molecular flexibility index (Phi) is 4.82. The van der Waals surface area contributed by atoms with Gasteiger partial charge in [-0.15, -0.1) is 0 Å². The largest absolute Gasteiger partial charge is 0.437 e. The lowest BCUT2D eigenvalue weighted by Crippen LogP contribution is -2.39. The van der Waals surface area contributed by atoms with Crippen LogP contribution in [0.15, 0.2) is 49.2 Å². The van der Waals surface area contributed by atoms with Crippen LogP contribution in [0.3, 0.4) is 0 Å². The van der Waals surface area contributed by atoms with Crippen molar-refractivity contribution in [2.75, 3.05) is 13.1 Å². The molecule has 0 aliphatic carbocycles. The molecule has 27 heavy (non-hydrogen) atoms. The number of para-hydroxylation sites is 1. The maximum atomic E-state index is 12.6. The number of aromatic amines is 1. The molecular formula is C20H21N5O2. The van der Waals surface area contributed by atoms with Gasteiger partial charge < -0.3 is 14.6 Å². The smallest absolute Gasteiger partial charge is 0.271 e. The predicted molar refractivity (Wildman–Crippen MR) is 99.8 cm³/mol. The van der Waals surface area contributed by atoms with Gasteiger partial charge in [0.25, 0.3) is 5.91 Å². The number of piperidine rings is 1. The third kappa shape index (κ3) is 3.67. The summed E-state index contributed by atoms with van der Waals surface area (Å²) in [5.41, 5.74) is 2.34. The predicted octanol–water partition coefficient (Wildman–Crippen LogP) is 3.32. The standard InChI is InChI=1S/C20H21N5O2/c1-14-5-2-3-7-17(14)27-19-18(22-8-9-23-19)15-6-4-10-25(12-15)20(26)16-11-21-13-24-16/h2-3,5,7-9,11,13,15H,4,6,10,12H2,1H3,(H,21,24)/t15-/m1/s1.